The van der Waals surface area contributed by atoms with Crippen LogP contribution in [0.3, 0.4) is 0 Å². The number of alkyl halides is 3. The van der Waals surface area contributed by atoms with Crippen molar-refractivity contribution in [2.75, 3.05) is 13.1 Å². The van der Waals surface area contributed by atoms with Gasteiger partial charge in [0.15, 0.2) is 0 Å². The number of primary amides is 1. The topological polar surface area (TPSA) is 118 Å². The fraction of sp³-hybridized carbons (Fsp3) is 0.222. The summed E-state index contributed by atoms with van der Waals surface area (Å²) in [6, 6.07) is 9.71. The molecule has 0 unspecified atom stereocenters. The van der Waals surface area contributed by atoms with Crippen LogP contribution >= 0.6 is 0 Å². The number of carbonyl (C=O) groups excluding carboxylic acids is 2. The Balaban J connectivity index is 1.88. The van der Waals surface area contributed by atoms with E-state index in [0.29, 0.717) is 18.1 Å². The summed E-state index contributed by atoms with van der Waals surface area (Å²) in [6.07, 6.45) is -4.32. The molecule has 2 amide bonds. The Morgan fingerprint density at radius 3 is 2.38 bits per heavy atom. The predicted molar refractivity (Wildman–Crippen MR) is 98.3 cm³/mol. The van der Waals surface area contributed by atoms with Crippen LogP contribution in [-0.4, -0.2) is 33.3 Å². The van der Waals surface area contributed by atoms with E-state index in [1.54, 1.807) is 24.3 Å². The van der Waals surface area contributed by atoms with Gasteiger partial charge in [-0.05, 0) is 42.3 Å². The van der Waals surface area contributed by atoms with Gasteiger partial charge >= 0.3 is 6.18 Å². The van der Waals surface area contributed by atoms with Crippen molar-refractivity contribution >= 4 is 21.8 Å². The minimum atomic E-state index is -4.69. The second-order valence-corrected chi connectivity index (χ2v) is 7.78. The number of sulfonamides is 1. The Morgan fingerprint density at radius 1 is 1.03 bits per heavy atom. The zero-order valence-corrected chi connectivity index (χ0v) is 15.8. The van der Waals surface area contributed by atoms with Crippen LogP contribution < -0.4 is 15.8 Å². The van der Waals surface area contributed by atoms with Crippen molar-refractivity contribution < 1.29 is 31.2 Å². The molecule has 7 nitrogen and oxygen atoms in total. The van der Waals surface area contributed by atoms with Gasteiger partial charge in [0.2, 0.25) is 21.8 Å². The summed E-state index contributed by atoms with van der Waals surface area (Å²) in [5.41, 5.74) is 5.14. The fourth-order valence-corrected chi connectivity index (χ4v) is 3.40. The van der Waals surface area contributed by atoms with E-state index in [9.17, 15) is 31.2 Å². The molecule has 0 spiro atoms. The summed E-state index contributed by atoms with van der Waals surface area (Å²) in [4.78, 5) is 22.4. The number of benzene rings is 2. The smallest absolute Gasteiger partial charge is 0.366 e. The Hall–Kier alpha value is -2.92. The molecule has 4 N–H and O–H groups in total. The molecule has 0 fully saturated rings. The van der Waals surface area contributed by atoms with Gasteiger partial charge in [-0.3, -0.25) is 9.59 Å². The van der Waals surface area contributed by atoms with E-state index < -0.39 is 45.0 Å². The van der Waals surface area contributed by atoms with Gasteiger partial charge in [0.1, 0.15) is 0 Å². The van der Waals surface area contributed by atoms with E-state index in [0.717, 1.165) is 23.8 Å². The lowest BCUT2D eigenvalue weighted by Crippen LogP contribution is -2.37. The third kappa shape index (κ3) is 6.57. The summed E-state index contributed by atoms with van der Waals surface area (Å²) >= 11 is 0. The zero-order chi connectivity index (χ0) is 21.7. The van der Waals surface area contributed by atoms with Crippen LogP contribution in [0.25, 0.3) is 0 Å². The largest absolute Gasteiger partial charge is 0.416 e. The van der Waals surface area contributed by atoms with Crippen molar-refractivity contribution in [3.63, 3.8) is 0 Å². The summed E-state index contributed by atoms with van der Waals surface area (Å²) in [7, 11) is -4.29. The molecule has 2 aromatic rings. The number of hydrogen-bond acceptors (Lipinski definition) is 4. The van der Waals surface area contributed by atoms with Crippen LogP contribution in [0.5, 0.6) is 0 Å². The van der Waals surface area contributed by atoms with Gasteiger partial charge in [-0.25, -0.2) is 13.1 Å². The number of nitrogens with one attached hydrogen (secondary N) is 2. The van der Waals surface area contributed by atoms with Gasteiger partial charge in [0, 0.05) is 12.1 Å². The van der Waals surface area contributed by atoms with Crippen molar-refractivity contribution in [1.29, 1.82) is 0 Å². The van der Waals surface area contributed by atoms with Crippen molar-refractivity contribution in [2.45, 2.75) is 17.5 Å². The highest BCUT2D eigenvalue weighted by molar-refractivity contribution is 7.89. The Bertz CT molecular complexity index is 1010. The number of amides is 2. The van der Waals surface area contributed by atoms with Gasteiger partial charge in [-0.2, -0.15) is 13.2 Å². The Labute approximate surface area is 165 Å². The predicted octanol–water partition coefficient (Wildman–Crippen LogP) is 1.44. The van der Waals surface area contributed by atoms with E-state index in [4.69, 9.17) is 5.73 Å². The summed E-state index contributed by atoms with van der Waals surface area (Å²) in [5.74, 6) is -1.24. The standard InChI is InChI=1S/C18H18F3N3O4S/c19-18(20,21)14-5-2-6-15(10-14)29(27,28)24-11-16(25)23-8-7-12-3-1-4-13(9-12)17(22)26/h1-6,9-10,24H,7-8,11H2,(H2,22,26)(H,23,25). The highest BCUT2D eigenvalue weighted by Crippen LogP contribution is 2.30. The highest BCUT2D eigenvalue weighted by atomic mass is 32.2. The maximum Gasteiger partial charge on any atom is 0.416 e. The highest BCUT2D eigenvalue weighted by Gasteiger charge is 2.31. The quantitative estimate of drug-likeness (QED) is 0.588. The van der Waals surface area contributed by atoms with Crippen molar-refractivity contribution in [3.8, 4) is 0 Å². The van der Waals surface area contributed by atoms with E-state index in [1.807, 2.05) is 4.72 Å². The van der Waals surface area contributed by atoms with E-state index in [-0.39, 0.29) is 6.54 Å². The molecule has 0 aromatic heterocycles. The molecule has 0 aliphatic heterocycles. The first kappa shape index (κ1) is 22.4. The first-order valence-corrected chi connectivity index (χ1v) is 9.80. The molecule has 0 saturated heterocycles. The first-order valence-electron chi connectivity index (χ1n) is 8.31. The van der Waals surface area contributed by atoms with Gasteiger partial charge in [0.25, 0.3) is 0 Å². The Kier molecular flexibility index (Phi) is 6.98. The Morgan fingerprint density at radius 2 is 1.72 bits per heavy atom. The molecule has 29 heavy (non-hydrogen) atoms. The lowest BCUT2D eigenvalue weighted by molar-refractivity contribution is -0.137. The molecule has 0 saturated carbocycles. The molecule has 0 heterocycles. The molecule has 2 aromatic carbocycles. The maximum absolute atomic E-state index is 12.7. The zero-order valence-electron chi connectivity index (χ0n) is 15.0. The van der Waals surface area contributed by atoms with E-state index in [1.165, 1.54) is 0 Å². The number of carbonyl (C=O) groups is 2. The van der Waals surface area contributed by atoms with Crippen LogP contribution in [0.15, 0.2) is 53.4 Å². The van der Waals surface area contributed by atoms with Crippen LogP contribution in [0.2, 0.25) is 0 Å². The molecule has 2 rings (SSSR count). The third-order valence-corrected chi connectivity index (χ3v) is 5.24. The van der Waals surface area contributed by atoms with E-state index >= 15 is 0 Å². The van der Waals surface area contributed by atoms with Crippen LogP contribution in [-0.2, 0) is 27.4 Å². The van der Waals surface area contributed by atoms with Gasteiger partial charge < -0.3 is 11.1 Å². The summed E-state index contributed by atoms with van der Waals surface area (Å²) in [5, 5.41) is 2.48. The van der Waals surface area contributed by atoms with Crippen molar-refractivity contribution in [3.05, 3.63) is 65.2 Å². The van der Waals surface area contributed by atoms with Crippen LogP contribution in [0, 0.1) is 0 Å². The average Bonchev–Trinajstić information content (AvgIpc) is 2.66. The first-order chi connectivity index (χ1) is 13.5. The van der Waals surface area contributed by atoms with Crippen molar-refractivity contribution in [2.24, 2.45) is 5.73 Å². The molecule has 156 valence electrons. The summed E-state index contributed by atoms with van der Waals surface area (Å²) in [6.45, 7) is -0.480. The number of halogens is 3. The maximum atomic E-state index is 12.7. The lowest BCUT2D eigenvalue weighted by atomic mass is 10.1. The molecular weight excluding hydrogens is 411 g/mol. The number of rotatable bonds is 8. The molecule has 0 radical (unpaired) electrons. The molecule has 0 aliphatic carbocycles. The minimum absolute atomic E-state index is 0.159. The normalized spacial score (nSPS) is 11.8. The molecule has 0 atom stereocenters. The molecular formula is C18H18F3N3O4S. The second-order valence-electron chi connectivity index (χ2n) is 6.01. The molecule has 0 aliphatic rings. The molecule has 0 bridgehead atoms. The van der Waals surface area contributed by atoms with Gasteiger partial charge in [0.05, 0.1) is 17.0 Å². The van der Waals surface area contributed by atoms with Crippen LogP contribution in [0.4, 0.5) is 13.2 Å². The average molecular weight is 429 g/mol. The SMILES string of the molecule is NC(=O)c1cccc(CCNC(=O)CNS(=O)(=O)c2cccc(C(F)(F)F)c2)c1. The second kappa shape index (κ2) is 9.05. The van der Waals surface area contributed by atoms with E-state index in [2.05, 4.69) is 5.32 Å². The van der Waals surface area contributed by atoms with Crippen molar-refractivity contribution in [1.82, 2.24) is 10.0 Å². The monoisotopic (exact) mass is 429 g/mol. The fourth-order valence-electron chi connectivity index (χ4n) is 2.37. The minimum Gasteiger partial charge on any atom is -0.366 e. The lowest BCUT2D eigenvalue weighted by Gasteiger charge is -2.11. The van der Waals surface area contributed by atoms with Crippen LogP contribution in [0.1, 0.15) is 21.5 Å². The van der Waals surface area contributed by atoms with Gasteiger partial charge in [-0.15, -0.1) is 0 Å². The summed E-state index contributed by atoms with van der Waals surface area (Å²) < 4.78 is 64.3. The van der Waals surface area contributed by atoms with Gasteiger partial charge in [-0.1, -0.05) is 18.2 Å². The molecule has 11 heteroatoms. The number of hydrogen-bond donors (Lipinski definition) is 3. The third-order valence-electron chi connectivity index (χ3n) is 3.84. The number of nitrogens with two attached hydrogens (primary N) is 1.